The number of carbonyl (C=O) groups excluding carboxylic acids is 1. The maximum absolute atomic E-state index is 12.5. The van der Waals surface area contributed by atoms with Crippen molar-refractivity contribution in [2.75, 3.05) is 13.2 Å². The molecule has 2 heterocycles. The third-order valence-electron chi connectivity index (χ3n) is 4.40. The van der Waals surface area contributed by atoms with Crippen LogP contribution in [0.4, 0.5) is 0 Å². The highest BCUT2D eigenvalue weighted by Crippen LogP contribution is 2.35. The summed E-state index contributed by atoms with van der Waals surface area (Å²) in [5.74, 6) is 0.389. The van der Waals surface area contributed by atoms with Gasteiger partial charge < -0.3 is 14.7 Å². The summed E-state index contributed by atoms with van der Waals surface area (Å²) in [5.41, 5.74) is 0. The highest BCUT2D eigenvalue weighted by atomic mass is 16.5. The van der Waals surface area contributed by atoms with Gasteiger partial charge in [-0.25, -0.2) is 0 Å². The van der Waals surface area contributed by atoms with Gasteiger partial charge in [-0.15, -0.1) is 0 Å². The summed E-state index contributed by atoms with van der Waals surface area (Å²) in [4.78, 5) is 14.4. The Morgan fingerprint density at radius 1 is 1.35 bits per heavy atom. The summed E-state index contributed by atoms with van der Waals surface area (Å²) < 4.78 is 5.73. The average molecular weight is 241 g/mol. The second-order valence-corrected chi connectivity index (χ2v) is 5.44. The van der Waals surface area contributed by atoms with E-state index in [4.69, 9.17) is 4.74 Å². The minimum atomic E-state index is -0.0443. The number of hydrogen-bond acceptors (Lipinski definition) is 3. The average Bonchev–Trinajstić information content (AvgIpc) is 2.84. The fourth-order valence-electron chi connectivity index (χ4n) is 3.20. The number of likely N-dealkylation sites (tertiary alicyclic amines) is 1. The summed E-state index contributed by atoms with van der Waals surface area (Å²) in [7, 11) is 0. The van der Waals surface area contributed by atoms with Crippen molar-refractivity contribution in [3.63, 3.8) is 0 Å². The summed E-state index contributed by atoms with van der Waals surface area (Å²) in [5, 5.41) is 9.29. The van der Waals surface area contributed by atoms with Crippen molar-refractivity contribution in [3.8, 4) is 0 Å². The van der Waals surface area contributed by atoms with Gasteiger partial charge in [0.2, 0.25) is 5.91 Å². The molecule has 5 atom stereocenters. The first kappa shape index (κ1) is 12.8. The zero-order valence-corrected chi connectivity index (χ0v) is 10.9. The first-order valence-electron chi connectivity index (χ1n) is 6.63. The van der Waals surface area contributed by atoms with E-state index >= 15 is 0 Å². The van der Waals surface area contributed by atoms with Gasteiger partial charge >= 0.3 is 0 Å². The molecule has 1 amide bonds. The molecule has 2 aliphatic heterocycles. The predicted octanol–water partition coefficient (Wildman–Crippen LogP) is 1.03. The van der Waals surface area contributed by atoms with Crippen molar-refractivity contribution in [1.82, 2.24) is 4.90 Å². The van der Waals surface area contributed by atoms with Crippen LogP contribution in [0.5, 0.6) is 0 Å². The molecular formula is C13H23NO3. The lowest BCUT2D eigenvalue weighted by Gasteiger charge is -2.28. The number of nitrogens with zero attached hydrogens (tertiary/aromatic N) is 1. The van der Waals surface area contributed by atoms with Crippen molar-refractivity contribution in [2.24, 2.45) is 11.8 Å². The van der Waals surface area contributed by atoms with Gasteiger partial charge in [0.05, 0.1) is 30.8 Å². The van der Waals surface area contributed by atoms with Crippen molar-refractivity contribution >= 4 is 5.91 Å². The fourth-order valence-corrected chi connectivity index (χ4v) is 3.20. The van der Waals surface area contributed by atoms with E-state index in [1.807, 2.05) is 18.7 Å². The lowest BCUT2D eigenvalue weighted by atomic mass is 9.88. The summed E-state index contributed by atoms with van der Waals surface area (Å²) in [6, 6.07) is 0.0257. The predicted molar refractivity (Wildman–Crippen MR) is 64.5 cm³/mol. The van der Waals surface area contributed by atoms with E-state index in [0.717, 1.165) is 19.4 Å². The van der Waals surface area contributed by atoms with Gasteiger partial charge in [-0.3, -0.25) is 4.79 Å². The molecule has 0 aromatic carbocycles. The molecule has 17 heavy (non-hydrogen) atoms. The quantitative estimate of drug-likeness (QED) is 0.785. The number of hydrogen-bond donors (Lipinski definition) is 1. The van der Waals surface area contributed by atoms with E-state index in [9.17, 15) is 9.90 Å². The molecule has 2 fully saturated rings. The largest absolute Gasteiger partial charge is 0.394 e. The molecule has 98 valence electrons. The zero-order valence-electron chi connectivity index (χ0n) is 10.9. The summed E-state index contributed by atoms with van der Waals surface area (Å²) in [6.45, 7) is 6.96. The minimum absolute atomic E-state index is 0.00700. The van der Waals surface area contributed by atoms with E-state index in [1.165, 1.54) is 0 Å². The smallest absolute Gasteiger partial charge is 0.228 e. The molecule has 0 aromatic heterocycles. The zero-order chi connectivity index (χ0) is 12.6. The Balaban J connectivity index is 2.09. The first-order valence-corrected chi connectivity index (χ1v) is 6.63. The number of carbonyl (C=O) groups is 1. The fraction of sp³-hybridized carbons (Fsp3) is 0.923. The van der Waals surface area contributed by atoms with Crippen LogP contribution in [0.3, 0.4) is 0 Å². The Morgan fingerprint density at radius 3 is 2.59 bits per heavy atom. The van der Waals surface area contributed by atoms with Crippen LogP contribution in [-0.2, 0) is 9.53 Å². The van der Waals surface area contributed by atoms with Crippen LogP contribution < -0.4 is 0 Å². The van der Waals surface area contributed by atoms with Crippen LogP contribution in [0.2, 0.25) is 0 Å². The molecular weight excluding hydrogens is 218 g/mol. The number of aliphatic hydroxyl groups excluding tert-OH is 1. The molecule has 0 aliphatic carbocycles. The monoisotopic (exact) mass is 241 g/mol. The highest BCUT2D eigenvalue weighted by molar-refractivity contribution is 5.80. The Bertz CT molecular complexity index is 294. The van der Waals surface area contributed by atoms with E-state index in [-0.39, 0.29) is 42.6 Å². The van der Waals surface area contributed by atoms with Gasteiger partial charge in [0.1, 0.15) is 0 Å². The third-order valence-corrected chi connectivity index (χ3v) is 4.40. The summed E-state index contributed by atoms with van der Waals surface area (Å²) >= 11 is 0. The molecule has 0 saturated carbocycles. The molecule has 2 saturated heterocycles. The van der Waals surface area contributed by atoms with Gasteiger partial charge in [0, 0.05) is 6.54 Å². The maximum atomic E-state index is 12.5. The van der Waals surface area contributed by atoms with Crippen molar-refractivity contribution < 1.29 is 14.6 Å². The SMILES string of the molecule is CC1OC(C)C(C(=O)N2CCC[C@H]2CO)C1C. The number of ether oxygens (including phenoxy) is 1. The second kappa shape index (κ2) is 4.94. The highest BCUT2D eigenvalue weighted by Gasteiger charge is 2.45. The van der Waals surface area contributed by atoms with Crippen molar-refractivity contribution in [3.05, 3.63) is 0 Å². The molecule has 4 heteroatoms. The molecule has 0 aromatic rings. The van der Waals surface area contributed by atoms with Crippen LogP contribution in [0.15, 0.2) is 0 Å². The molecule has 4 unspecified atom stereocenters. The minimum Gasteiger partial charge on any atom is -0.394 e. The maximum Gasteiger partial charge on any atom is 0.228 e. The molecule has 2 aliphatic rings. The van der Waals surface area contributed by atoms with E-state index in [1.54, 1.807) is 0 Å². The van der Waals surface area contributed by atoms with Crippen LogP contribution in [0, 0.1) is 11.8 Å². The Hall–Kier alpha value is -0.610. The topological polar surface area (TPSA) is 49.8 Å². The molecule has 0 spiro atoms. The van der Waals surface area contributed by atoms with Gasteiger partial charge in [-0.1, -0.05) is 6.92 Å². The van der Waals surface area contributed by atoms with Crippen molar-refractivity contribution in [1.29, 1.82) is 0 Å². The Labute approximate surface area is 103 Å². The standard InChI is InChI=1S/C13H23NO3/c1-8-9(2)17-10(3)12(8)13(16)14-6-4-5-11(14)7-15/h8-12,15H,4-7H2,1-3H3/t8?,9?,10?,11-,12?/m0/s1. The number of aliphatic hydroxyl groups is 1. The van der Waals surface area contributed by atoms with E-state index in [2.05, 4.69) is 6.92 Å². The van der Waals surface area contributed by atoms with Crippen LogP contribution in [0.25, 0.3) is 0 Å². The molecule has 0 radical (unpaired) electrons. The molecule has 2 rings (SSSR count). The third kappa shape index (κ3) is 2.20. The molecule has 4 nitrogen and oxygen atoms in total. The first-order chi connectivity index (χ1) is 8.06. The number of rotatable bonds is 2. The van der Waals surface area contributed by atoms with Gasteiger partial charge in [-0.05, 0) is 32.6 Å². The van der Waals surface area contributed by atoms with Gasteiger partial charge in [-0.2, -0.15) is 0 Å². The molecule has 0 bridgehead atoms. The lowest BCUT2D eigenvalue weighted by Crippen LogP contribution is -2.44. The Kier molecular flexibility index (Phi) is 3.73. The lowest BCUT2D eigenvalue weighted by molar-refractivity contribution is -0.139. The number of amides is 1. The van der Waals surface area contributed by atoms with E-state index < -0.39 is 0 Å². The van der Waals surface area contributed by atoms with Crippen LogP contribution in [-0.4, -0.2) is 47.3 Å². The van der Waals surface area contributed by atoms with Crippen LogP contribution in [0.1, 0.15) is 33.6 Å². The van der Waals surface area contributed by atoms with Crippen molar-refractivity contribution in [2.45, 2.75) is 51.9 Å². The van der Waals surface area contributed by atoms with Gasteiger partial charge in [0.15, 0.2) is 0 Å². The summed E-state index contributed by atoms with van der Waals surface area (Å²) in [6.07, 6.45) is 2.07. The Morgan fingerprint density at radius 2 is 2.06 bits per heavy atom. The van der Waals surface area contributed by atoms with Crippen LogP contribution >= 0.6 is 0 Å². The van der Waals surface area contributed by atoms with E-state index in [0.29, 0.717) is 0 Å². The normalized spacial score (nSPS) is 42.1. The second-order valence-electron chi connectivity index (χ2n) is 5.44. The molecule has 1 N–H and O–H groups in total. The van der Waals surface area contributed by atoms with Gasteiger partial charge in [0.25, 0.3) is 0 Å².